The number of amides is 2. The summed E-state index contributed by atoms with van der Waals surface area (Å²) in [6.07, 6.45) is 5.91. The Balaban J connectivity index is 1.52. The van der Waals surface area contributed by atoms with Crippen LogP contribution in [0.4, 0.5) is 4.79 Å². The zero-order valence-corrected chi connectivity index (χ0v) is 14.0. The molecule has 2 amide bonds. The van der Waals surface area contributed by atoms with Crippen molar-refractivity contribution in [2.45, 2.75) is 70.6 Å². The van der Waals surface area contributed by atoms with Crippen molar-refractivity contribution in [3.8, 4) is 0 Å². The van der Waals surface area contributed by atoms with E-state index >= 15 is 0 Å². The van der Waals surface area contributed by atoms with Crippen LogP contribution in [-0.4, -0.2) is 42.0 Å². The summed E-state index contributed by atoms with van der Waals surface area (Å²) in [6, 6.07) is 0.104. The Morgan fingerprint density at radius 3 is 2.82 bits per heavy atom. The Kier molecular flexibility index (Phi) is 4.14. The maximum Gasteiger partial charge on any atom is 0.315 e. The molecule has 5 heteroatoms. The molecule has 5 unspecified atom stereocenters. The summed E-state index contributed by atoms with van der Waals surface area (Å²) < 4.78 is 5.87. The number of aliphatic hydroxyl groups is 1. The third-order valence-corrected chi connectivity index (χ3v) is 6.60. The molecular weight excluding hydrogens is 280 g/mol. The molecule has 1 heterocycles. The van der Waals surface area contributed by atoms with Gasteiger partial charge < -0.3 is 20.5 Å². The van der Waals surface area contributed by atoms with Crippen LogP contribution in [0.1, 0.15) is 52.9 Å². The van der Waals surface area contributed by atoms with Crippen molar-refractivity contribution in [3.05, 3.63) is 0 Å². The van der Waals surface area contributed by atoms with E-state index in [9.17, 15) is 9.90 Å². The van der Waals surface area contributed by atoms with E-state index in [0.29, 0.717) is 12.0 Å². The van der Waals surface area contributed by atoms with Crippen molar-refractivity contribution >= 4 is 6.03 Å². The van der Waals surface area contributed by atoms with Crippen LogP contribution in [0.15, 0.2) is 0 Å². The van der Waals surface area contributed by atoms with E-state index in [4.69, 9.17) is 4.74 Å². The molecule has 5 atom stereocenters. The zero-order chi connectivity index (χ0) is 16.0. The van der Waals surface area contributed by atoms with Gasteiger partial charge in [0.25, 0.3) is 0 Å². The second-order valence-electron chi connectivity index (χ2n) is 7.80. The minimum absolute atomic E-state index is 0.148. The van der Waals surface area contributed by atoms with Crippen molar-refractivity contribution in [2.24, 2.45) is 17.3 Å². The molecule has 3 rings (SSSR count). The van der Waals surface area contributed by atoms with Gasteiger partial charge in [0.15, 0.2) is 0 Å². The van der Waals surface area contributed by atoms with Crippen molar-refractivity contribution in [2.75, 3.05) is 13.2 Å². The van der Waals surface area contributed by atoms with Crippen molar-refractivity contribution < 1.29 is 14.6 Å². The quantitative estimate of drug-likeness (QED) is 0.728. The van der Waals surface area contributed by atoms with Gasteiger partial charge in [-0.3, -0.25) is 0 Å². The van der Waals surface area contributed by atoms with E-state index in [1.165, 1.54) is 19.3 Å². The normalized spacial score (nSPS) is 35.7. The highest BCUT2D eigenvalue weighted by atomic mass is 16.5. The fraction of sp³-hybridized carbons (Fsp3) is 0.941. The van der Waals surface area contributed by atoms with Gasteiger partial charge in [-0.25, -0.2) is 4.79 Å². The van der Waals surface area contributed by atoms with Crippen molar-refractivity contribution in [1.29, 1.82) is 0 Å². The van der Waals surface area contributed by atoms with Gasteiger partial charge in [-0.15, -0.1) is 0 Å². The van der Waals surface area contributed by atoms with Gasteiger partial charge in [0.05, 0.1) is 11.7 Å². The first-order valence-electron chi connectivity index (χ1n) is 8.79. The number of ether oxygens (including phenoxy) is 1. The lowest BCUT2D eigenvalue weighted by Gasteiger charge is -2.63. The average molecular weight is 310 g/mol. The van der Waals surface area contributed by atoms with Crippen molar-refractivity contribution in [1.82, 2.24) is 10.6 Å². The molecule has 126 valence electrons. The van der Waals surface area contributed by atoms with Gasteiger partial charge in [0.1, 0.15) is 0 Å². The van der Waals surface area contributed by atoms with E-state index in [2.05, 4.69) is 10.6 Å². The third-order valence-electron chi connectivity index (χ3n) is 6.60. The molecule has 3 N–H and O–H groups in total. The van der Waals surface area contributed by atoms with Gasteiger partial charge in [0, 0.05) is 30.5 Å². The Hall–Kier alpha value is -0.810. The van der Waals surface area contributed by atoms with Crippen LogP contribution in [-0.2, 0) is 4.74 Å². The molecule has 3 fully saturated rings. The summed E-state index contributed by atoms with van der Waals surface area (Å²) in [5, 5.41) is 16.4. The number of carbonyl (C=O) groups is 1. The molecule has 22 heavy (non-hydrogen) atoms. The molecule has 0 aromatic carbocycles. The molecule has 0 aromatic heterocycles. The molecule has 5 nitrogen and oxygen atoms in total. The van der Waals surface area contributed by atoms with Crippen LogP contribution in [0.2, 0.25) is 0 Å². The molecular formula is C17H30N2O3. The number of urea groups is 1. The molecule has 3 aliphatic rings. The maximum absolute atomic E-state index is 12.2. The molecule has 1 saturated heterocycles. The van der Waals surface area contributed by atoms with E-state index in [0.717, 1.165) is 19.4 Å². The highest BCUT2D eigenvalue weighted by Gasteiger charge is 2.66. The number of hydrogen-bond donors (Lipinski definition) is 3. The van der Waals surface area contributed by atoms with Crippen molar-refractivity contribution in [3.63, 3.8) is 0 Å². The zero-order valence-electron chi connectivity index (χ0n) is 14.0. The highest BCUT2D eigenvalue weighted by molar-refractivity contribution is 5.74. The Morgan fingerprint density at radius 2 is 2.23 bits per heavy atom. The van der Waals surface area contributed by atoms with E-state index in [1.54, 1.807) is 6.92 Å². The van der Waals surface area contributed by atoms with Crippen LogP contribution in [0.3, 0.4) is 0 Å². The number of nitrogens with one attached hydrogen (secondary N) is 2. The first-order valence-corrected chi connectivity index (χ1v) is 8.79. The van der Waals surface area contributed by atoms with Crippen LogP contribution in [0.5, 0.6) is 0 Å². The Labute approximate surface area is 133 Å². The van der Waals surface area contributed by atoms with E-state index in [1.807, 2.05) is 13.8 Å². The van der Waals surface area contributed by atoms with E-state index < -0.39 is 5.60 Å². The summed E-state index contributed by atoms with van der Waals surface area (Å²) in [6.45, 7) is 6.97. The maximum atomic E-state index is 12.2. The minimum atomic E-state index is -0.862. The second-order valence-corrected chi connectivity index (χ2v) is 7.80. The molecule has 0 bridgehead atoms. The first kappa shape index (κ1) is 16.1. The molecule has 1 aliphatic heterocycles. The summed E-state index contributed by atoms with van der Waals surface area (Å²) in [5.41, 5.74) is -0.656. The lowest BCUT2D eigenvalue weighted by atomic mass is 9.46. The summed E-state index contributed by atoms with van der Waals surface area (Å²) in [7, 11) is 0. The Morgan fingerprint density at radius 1 is 1.50 bits per heavy atom. The predicted octanol–water partition coefficient (Wildman–Crippen LogP) is 2.04. The smallest absolute Gasteiger partial charge is 0.315 e. The number of rotatable bonds is 5. The summed E-state index contributed by atoms with van der Waals surface area (Å²) in [5.74, 6) is 0.642. The lowest BCUT2D eigenvalue weighted by molar-refractivity contribution is -0.172. The van der Waals surface area contributed by atoms with Gasteiger partial charge in [-0.2, -0.15) is 0 Å². The second kappa shape index (κ2) is 5.68. The van der Waals surface area contributed by atoms with Gasteiger partial charge >= 0.3 is 6.03 Å². The van der Waals surface area contributed by atoms with Gasteiger partial charge in [-0.1, -0.05) is 26.7 Å². The molecule has 0 radical (unpaired) electrons. The third kappa shape index (κ3) is 2.42. The molecule has 2 saturated carbocycles. The largest absolute Gasteiger partial charge is 0.388 e. The standard InChI is InChI=1S/C17H30N2O3/c1-4-11(2)16(3,21)10-18-15(20)19-13-12-6-9-22-14(12)17(13)7-5-8-17/h11-14,21H,4-10H2,1-3H3,(H2,18,19,20). The van der Waals surface area contributed by atoms with Crippen LogP contribution in [0.25, 0.3) is 0 Å². The first-order chi connectivity index (χ1) is 10.4. The van der Waals surface area contributed by atoms with Crippen LogP contribution >= 0.6 is 0 Å². The predicted molar refractivity (Wildman–Crippen MR) is 84.5 cm³/mol. The summed E-state index contributed by atoms with van der Waals surface area (Å²) >= 11 is 0. The molecule has 2 aliphatic carbocycles. The minimum Gasteiger partial charge on any atom is -0.388 e. The molecule has 1 spiro atoms. The highest BCUT2D eigenvalue weighted by Crippen LogP contribution is 2.62. The number of fused-ring (bicyclic) bond motifs is 2. The fourth-order valence-electron chi connectivity index (χ4n) is 4.52. The van der Waals surface area contributed by atoms with Crippen LogP contribution < -0.4 is 10.6 Å². The summed E-state index contributed by atoms with van der Waals surface area (Å²) in [4.78, 5) is 12.2. The average Bonchev–Trinajstić information content (AvgIpc) is 2.85. The topological polar surface area (TPSA) is 70.6 Å². The Bertz CT molecular complexity index is 434. The lowest BCUT2D eigenvalue weighted by Crippen LogP contribution is -2.72. The van der Waals surface area contributed by atoms with Gasteiger partial charge in [0.2, 0.25) is 0 Å². The molecule has 0 aromatic rings. The SMILES string of the molecule is CCC(C)C(C)(O)CNC(=O)NC1C2CCOC2C12CCC2. The number of hydrogen-bond acceptors (Lipinski definition) is 3. The van der Waals surface area contributed by atoms with Gasteiger partial charge in [-0.05, 0) is 32.1 Å². The number of carbonyl (C=O) groups excluding carboxylic acids is 1. The monoisotopic (exact) mass is 310 g/mol. The van der Waals surface area contributed by atoms with E-state index in [-0.39, 0.29) is 30.0 Å². The van der Waals surface area contributed by atoms with Crippen LogP contribution in [0, 0.1) is 17.3 Å². The fourth-order valence-corrected chi connectivity index (χ4v) is 4.52.